The lowest BCUT2D eigenvalue weighted by atomic mass is 9.32. The molecule has 0 saturated heterocycles. The van der Waals surface area contributed by atoms with Gasteiger partial charge in [0.1, 0.15) is 0 Å². The first-order chi connectivity index (χ1) is 10.9. The van der Waals surface area contributed by atoms with Gasteiger partial charge >= 0.3 is 0 Å². The summed E-state index contributed by atoms with van der Waals surface area (Å²) >= 11 is 3.88. The Balaban J connectivity index is 1.97. The van der Waals surface area contributed by atoms with E-state index in [2.05, 4.69) is 68.8 Å². The van der Waals surface area contributed by atoms with Gasteiger partial charge in [0.15, 0.2) is 0 Å². The third-order valence-corrected chi connectivity index (χ3v) is 7.97. The van der Waals surface area contributed by atoms with Crippen LogP contribution in [-0.2, 0) is 10.8 Å². The molecule has 0 atom stereocenters. The van der Waals surface area contributed by atoms with Crippen molar-refractivity contribution in [1.82, 2.24) is 0 Å². The first-order valence-corrected chi connectivity index (χ1v) is 9.99. The molecular weight excluding hydrogens is 315 g/mol. The summed E-state index contributed by atoms with van der Waals surface area (Å²) < 4.78 is 3.13. The van der Waals surface area contributed by atoms with Crippen LogP contribution in [0.15, 0.2) is 41.1 Å². The van der Waals surface area contributed by atoms with Gasteiger partial charge in [0.2, 0.25) is 0 Å². The maximum atomic E-state index is 2.39. The van der Waals surface area contributed by atoms with Gasteiger partial charge < -0.3 is 0 Å². The number of benzene rings is 1. The molecule has 1 aromatic carbocycles. The summed E-state index contributed by atoms with van der Waals surface area (Å²) in [6.07, 6.45) is 0. The maximum Gasteiger partial charge on any atom is 0.267 e. The number of fused-ring (bicyclic) bond motifs is 4. The van der Waals surface area contributed by atoms with Gasteiger partial charge in [-0.1, -0.05) is 51.4 Å². The minimum atomic E-state index is 0.0992. The highest BCUT2D eigenvalue weighted by atomic mass is 32.1. The minimum absolute atomic E-state index is 0.0992. The Morgan fingerprint density at radius 3 is 1.65 bits per heavy atom. The van der Waals surface area contributed by atoms with Gasteiger partial charge in [0.25, 0.3) is 6.71 Å². The summed E-state index contributed by atoms with van der Waals surface area (Å²) in [5.41, 5.74) is 7.89. The first-order valence-electron chi connectivity index (χ1n) is 8.23. The van der Waals surface area contributed by atoms with Crippen LogP contribution in [0, 0.1) is 0 Å². The summed E-state index contributed by atoms with van der Waals surface area (Å²) in [7, 11) is 0. The van der Waals surface area contributed by atoms with E-state index in [4.69, 9.17) is 0 Å². The summed E-state index contributed by atoms with van der Waals surface area (Å²) in [5.74, 6) is 0. The molecule has 0 spiro atoms. The molecule has 0 unspecified atom stereocenters. The molecule has 0 bridgehead atoms. The molecule has 3 aromatic rings. The number of hydrogen-bond donors (Lipinski definition) is 0. The van der Waals surface area contributed by atoms with Crippen molar-refractivity contribution in [3.63, 3.8) is 0 Å². The average Bonchev–Trinajstić information content (AvgIpc) is 3.16. The van der Waals surface area contributed by atoms with E-state index in [1.165, 1.54) is 22.3 Å². The lowest BCUT2D eigenvalue weighted by Crippen LogP contribution is -2.64. The zero-order chi connectivity index (χ0) is 16.0. The fourth-order valence-electron chi connectivity index (χ4n) is 4.76. The van der Waals surface area contributed by atoms with E-state index in [-0.39, 0.29) is 10.8 Å². The minimum Gasteiger partial charge on any atom is -0.158 e. The second-order valence-electron chi connectivity index (χ2n) is 7.85. The number of hydrogen-bond acceptors (Lipinski definition) is 2. The zero-order valence-electron chi connectivity index (χ0n) is 13.9. The van der Waals surface area contributed by atoms with Crippen LogP contribution in [-0.4, -0.2) is 6.71 Å². The average molecular weight is 334 g/mol. The molecule has 0 fully saturated rings. The third kappa shape index (κ3) is 1.53. The van der Waals surface area contributed by atoms with Crippen LogP contribution in [0.3, 0.4) is 0 Å². The molecule has 0 N–H and O–H groups in total. The van der Waals surface area contributed by atoms with E-state index in [0.717, 1.165) is 0 Å². The smallest absolute Gasteiger partial charge is 0.158 e. The van der Waals surface area contributed by atoms with Crippen molar-refractivity contribution in [2.24, 2.45) is 0 Å². The molecular formula is C20H19BS2. The molecule has 0 aliphatic carbocycles. The largest absolute Gasteiger partial charge is 0.267 e. The second-order valence-corrected chi connectivity index (χ2v) is 9.74. The van der Waals surface area contributed by atoms with E-state index in [1.807, 2.05) is 22.7 Å². The van der Waals surface area contributed by atoms with Crippen molar-refractivity contribution in [3.05, 3.63) is 63.3 Å². The quantitative estimate of drug-likeness (QED) is 0.551. The normalized spacial score (nSPS) is 19.0. The van der Waals surface area contributed by atoms with Crippen LogP contribution in [0.2, 0.25) is 0 Å². The predicted molar refractivity (Wildman–Crippen MR) is 104 cm³/mol. The van der Waals surface area contributed by atoms with Gasteiger partial charge in [-0.05, 0) is 54.7 Å². The highest BCUT2D eigenvalue weighted by molar-refractivity contribution is 7.34. The summed E-state index contributed by atoms with van der Waals surface area (Å²) in [6, 6.07) is 11.7. The van der Waals surface area contributed by atoms with Crippen molar-refractivity contribution in [2.75, 3.05) is 0 Å². The van der Waals surface area contributed by atoms with Crippen LogP contribution in [0.4, 0.5) is 0 Å². The molecule has 5 rings (SSSR count). The van der Waals surface area contributed by atoms with Gasteiger partial charge in [-0.3, -0.25) is 0 Å². The molecule has 0 radical (unpaired) electrons. The molecule has 0 amide bonds. The van der Waals surface area contributed by atoms with E-state index >= 15 is 0 Å². The molecule has 0 saturated carbocycles. The van der Waals surface area contributed by atoms with E-state index in [1.54, 1.807) is 15.0 Å². The Hall–Kier alpha value is -1.32. The van der Waals surface area contributed by atoms with Gasteiger partial charge in [0, 0.05) is 10.8 Å². The van der Waals surface area contributed by atoms with Crippen LogP contribution < -0.4 is 15.0 Å². The van der Waals surface area contributed by atoms with Crippen molar-refractivity contribution < 1.29 is 0 Å². The maximum absolute atomic E-state index is 2.39. The second kappa shape index (κ2) is 4.20. The number of thiophene rings is 2. The molecule has 114 valence electrons. The molecule has 0 nitrogen and oxygen atoms in total. The predicted octanol–water partition coefficient (Wildman–Crippen LogP) is 3.60. The van der Waals surface area contributed by atoms with E-state index < -0.39 is 0 Å². The highest BCUT2D eigenvalue weighted by Gasteiger charge is 2.49. The van der Waals surface area contributed by atoms with Crippen LogP contribution >= 0.6 is 22.7 Å². The van der Waals surface area contributed by atoms with Gasteiger partial charge in [0.05, 0.1) is 0 Å². The fraction of sp³-hybridized carbons (Fsp3) is 0.300. The van der Waals surface area contributed by atoms with Crippen LogP contribution in [0.25, 0.3) is 0 Å². The molecule has 2 aliphatic rings. The first kappa shape index (κ1) is 14.1. The SMILES string of the molecule is CC1(C)c2ccsc2B2c3sccc3C(C)(C)c3cccc1c32. The summed E-state index contributed by atoms with van der Waals surface area (Å²) in [4.78, 5) is 0. The molecule has 2 aromatic heterocycles. The van der Waals surface area contributed by atoms with Crippen molar-refractivity contribution in [2.45, 2.75) is 38.5 Å². The summed E-state index contributed by atoms with van der Waals surface area (Å²) in [6.45, 7) is 10.0. The Morgan fingerprint density at radius 1 is 0.696 bits per heavy atom. The van der Waals surface area contributed by atoms with Crippen LogP contribution in [0.5, 0.6) is 0 Å². The molecule has 23 heavy (non-hydrogen) atoms. The topological polar surface area (TPSA) is 0 Å². The molecule has 4 heterocycles. The van der Waals surface area contributed by atoms with Crippen LogP contribution in [0.1, 0.15) is 49.9 Å². The highest BCUT2D eigenvalue weighted by Crippen LogP contribution is 2.41. The van der Waals surface area contributed by atoms with Crippen molar-refractivity contribution >= 4 is 44.4 Å². The Bertz CT molecular complexity index is 870. The lowest BCUT2D eigenvalue weighted by molar-refractivity contribution is 0.624. The van der Waals surface area contributed by atoms with E-state index in [9.17, 15) is 0 Å². The Morgan fingerprint density at radius 2 is 1.17 bits per heavy atom. The standard InChI is InChI=1S/C20H19BS2/c1-19(2)12-6-5-7-13-16(12)21(17-14(19)8-10-22-17)18-15(9-11-23-18)20(13,3)4/h5-11H,1-4H3. The lowest BCUT2D eigenvalue weighted by Gasteiger charge is -2.44. The molecule has 2 aliphatic heterocycles. The monoisotopic (exact) mass is 334 g/mol. The fourth-order valence-corrected chi connectivity index (χ4v) is 7.18. The third-order valence-electron chi connectivity index (χ3n) is 6.00. The number of rotatable bonds is 0. The molecule has 3 heteroatoms. The van der Waals surface area contributed by atoms with Crippen molar-refractivity contribution in [1.29, 1.82) is 0 Å². The Labute approximate surface area is 146 Å². The van der Waals surface area contributed by atoms with E-state index in [0.29, 0.717) is 6.71 Å². The van der Waals surface area contributed by atoms with Crippen molar-refractivity contribution in [3.8, 4) is 0 Å². The zero-order valence-corrected chi connectivity index (χ0v) is 15.6. The summed E-state index contributed by atoms with van der Waals surface area (Å²) in [5, 5.41) is 4.57. The van der Waals surface area contributed by atoms with Gasteiger partial charge in [-0.15, -0.1) is 0 Å². The Kier molecular flexibility index (Phi) is 2.57. The van der Waals surface area contributed by atoms with Gasteiger partial charge in [-0.2, -0.15) is 22.7 Å². The van der Waals surface area contributed by atoms with Gasteiger partial charge in [-0.25, -0.2) is 0 Å².